The lowest BCUT2D eigenvalue weighted by Gasteiger charge is -2.07. The number of amides is 1. The van der Waals surface area contributed by atoms with Crippen LogP contribution < -0.4 is 14.8 Å². The average molecular weight is 329 g/mol. The lowest BCUT2D eigenvalue weighted by molar-refractivity contribution is -0.116. The fraction of sp³-hybridized carbons (Fsp3) is 0.167. The molecule has 0 bridgehead atoms. The molecular formula is C18H19NO5. The Morgan fingerprint density at radius 2 is 1.79 bits per heavy atom. The number of nitrogens with one attached hydrogen (secondary N) is 1. The summed E-state index contributed by atoms with van der Waals surface area (Å²) in [5.41, 5.74) is 1.48. The van der Waals surface area contributed by atoms with E-state index < -0.39 is 0 Å². The second-order valence-corrected chi connectivity index (χ2v) is 4.99. The van der Waals surface area contributed by atoms with E-state index in [-0.39, 0.29) is 17.4 Å². The van der Waals surface area contributed by atoms with Crippen molar-refractivity contribution in [3.63, 3.8) is 0 Å². The van der Waals surface area contributed by atoms with Crippen LogP contribution in [0.15, 0.2) is 42.5 Å². The molecule has 0 saturated carbocycles. The molecule has 3 N–H and O–H groups in total. The Morgan fingerprint density at radius 1 is 1.04 bits per heavy atom. The summed E-state index contributed by atoms with van der Waals surface area (Å²) in [6.45, 7) is 0.299. The molecule has 0 aliphatic rings. The normalized spacial score (nSPS) is 10.6. The van der Waals surface area contributed by atoms with Crippen LogP contribution in [0.4, 0.5) is 0 Å². The summed E-state index contributed by atoms with van der Waals surface area (Å²) < 4.78 is 9.98. The van der Waals surface area contributed by atoms with Crippen LogP contribution in [0.2, 0.25) is 0 Å². The summed E-state index contributed by atoms with van der Waals surface area (Å²) >= 11 is 0. The number of hydrogen-bond donors (Lipinski definition) is 3. The molecule has 126 valence electrons. The molecule has 6 nitrogen and oxygen atoms in total. The first kappa shape index (κ1) is 17.2. The number of benzene rings is 2. The lowest BCUT2D eigenvalue weighted by atomic mass is 10.2. The predicted molar refractivity (Wildman–Crippen MR) is 90.2 cm³/mol. The Morgan fingerprint density at radius 3 is 2.46 bits per heavy atom. The third-order valence-electron chi connectivity index (χ3n) is 3.34. The van der Waals surface area contributed by atoms with Gasteiger partial charge in [0, 0.05) is 12.6 Å². The highest BCUT2D eigenvalue weighted by Crippen LogP contribution is 2.27. The molecule has 0 aromatic heterocycles. The maximum Gasteiger partial charge on any atom is 0.244 e. The molecule has 0 spiro atoms. The Hall–Kier alpha value is -3.15. The minimum absolute atomic E-state index is 0.0104. The van der Waals surface area contributed by atoms with Gasteiger partial charge in [-0.2, -0.15) is 0 Å². The van der Waals surface area contributed by atoms with Crippen LogP contribution in [0.25, 0.3) is 6.08 Å². The number of methoxy groups -OCH3 is 2. The Bertz CT molecular complexity index is 755. The predicted octanol–water partition coefficient (Wildman–Crippen LogP) is 2.44. The van der Waals surface area contributed by atoms with Crippen molar-refractivity contribution in [2.24, 2.45) is 0 Å². The number of phenols is 2. The quantitative estimate of drug-likeness (QED) is 0.709. The molecule has 2 rings (SSSR count). The van der Waals surface area contributed by atoms with E-state index in [1.165, 1.54) is 32.4 Å². The van der Waals surface area contributed by atoms with Crippen LogP contribution in [-0.4, -0.2) is 30.3 Å². The molecule has 1 amide bonds. The highest BCUT2D eigenvalue weighted by atomic mass is 16.5. The van der Waals surface area contributed by atoms with E-state index in [0.717, 1.165) is 5.56 Å². The van der Waals surface area contributed by atoms with E-state index in [1.54, 1.807) is 30.3 Å². The van der Waals surface area contributed by atoms with Gasteiger partial charge in [-0.05, 0) is 41.5 Å². The monoisotopic (exact) mass is 329 g/mol. The lowest BCUT2D eigenvalue weighted by Crippen LogP contribution is -2.20. The minimum atomic E-state index is -0.280. The van der Waals surface area contributed by atoms with Crippen LogP contribution in [0.1, 0.15) is 11.1 Å². The molecular weight excluding hydrogens is 310 g/mol. The van der Waals surface area contributed by atoms with Crippen LogP contribution in [0.3, 0.4) is 0 Å². The molecule has 0 unspecified atom stereocenters. The van der Waals surface area contributed by atoms with Gasteiger partial charge < -0.3 is 25.0 Å². The third-order valence-corrected chi connectivity index (χ3v) is 3.34. The van der Waals surface area contributed by atoms with Gasteiger partial charge in [-0.15, -0.1) is 0 Å². The van der Waals surface area contributed by atoms with Crippen molar-refractivity contribution in [1.82, 2.24) is 5.32 Å². The summed E-state index contributed by atoms with van der Waals surface area (Å²) in [5, 5.41) is 21.9. The van der Waals surface area contributed by atoms with Crippen molar-refractivity contribution < 1.29 is 24.5 Å². The van der Waals surface area contributed by atoms with Gasteiger partial charge in [0.25, 0.3) is 0 Å². The summed E-state index contributed by atoms with van der Waals surface area (Å²) in [7, 11) is 2.93. The standard InChI is InChI=1S/C18H19NO5/c1-23-16-7-4-12(9-15(16)21)5-8-18(22)19-11-13-3-6-14(20)17(10-13)24-2/h3-10,20-21H,11H2,1-2H3,(H,19,22)/b8-5+. The topological polar surface area (TPSA) is 88.0 Å². The third kappa shape index (κ3) is 4.42. The molecule has 0 radical (unpaired) electrons. The van der Waals surface area contributed by atoms with Crippen molar-refractivity contribution in [2.45, 2.75) is 6.54 Å². The number of aromatic hydroxyl groups is 2. The maximum absolute atomic E-state index is 11.9. The first-order valence-corrected chi connectivity index (χ1v) is 7.22. The molecule has 0 atom stereocenters. The zero-order chi connectivity index (χ0) is 17.5. The average Bonchev–Trinajstić information content (AvgIpc) is 2.59. The van der Waals surface area contributed by atoms with Gasteiger partial charge in [0.15, 0.2) is 23.0 Å². The molecule has 0 heterocycles. The highest BCUT2D eigenvalue weighted by molar-refractivity contribution is 5.91. The van der Waals surface area contributed by atoms with Crippen molar-refractivity contribution in [3.05, 3.63) is 53.6 Å². The summed E-state index contributed by atoms with van der Waals surface area (Å²) in [4.78, 5) is 11.9. The fourth-order valence-corrected chi connectivity index (χ4v) is 2.06. The van der Waals surface area contributed by atoms with Crippen LogP contribution in [0, 0.1) is 0 Å². The number of ether oxygens (including phenoxy) is 2. The zero-order valence-corrected chi connectivity index (χ0v) is 13.4. The molecule has 0 aliphatic carbocycles. The van der Waals surface area contributed by atoms with Crippen molar-refractivity contribution in [1.29, 1.82) is 0 Å². The van der Waals surface area contributed by atoms with E-state index in [9.17, 15) is 15.0 Å². The number of phenolic OH excluding ortho intramolecular Hbond substituents is 2. The number of carbonyl (C=O) groups is 1. The van der Waals surface area contributed by atoms with Gasteiger partial charge >= 0.3 is 0 Å². The molecule has 2 aromatic carbocycles. The number of hydrogen-bond acceptors (Lipinski definition) is 5. The van der Waals surface area contributed by atoms with Crippen molar-refractivity contribution in [2.75, 3.05) is 14.2 Å². The van der Waals surface area contributed by atoms with Gasteiger partial charge in [-0.25, -0.2) is 0 Å². The van der Waals surface area contributed by atoms with E-state index in [4.69, 9.17) is 9.47 Å². The molecule has 0 saturated heterocycles. The molecule has 2 aromatic rings. The van der Waals surface area contributed by atoms with Crippen molar-refractivity contribution >= 4 is 12.0 Å². The van der Waals surface area contributed by atoms with Crippen molar-refractivity contribution in [3.8, 4) is 23.0 Å². The maximum atomic E-state index is 11.9. The smallest absolute Gasteiger partial charge is 0.244 e. The van der Waals surface area contributed by atoms with E-state index in [2.05, 4.69) is 5.32 Å². The first-order chi connectivity index (χ1) is 11.5. The summed E-state index contributed by atoms with van der Waals surface area (Å²) in [6, 6.07) is 9.72. The van der Waals surface area contributed by atoms with Gasteiger partial charge in [0.05, 0.1) is 14.2 Å². The van der Waals surface area contributed by atoms with E-state index >= 15 is 0 Å². The van der Waals surface area contributed by atoms with Gasteiger partial charge in [-0.3, -0.25) is 4.79 Å². The Labute approximate surface area is 140 Å². The van der Waals surface area contributed by atoms with Gasteiger partial charge in [-0.1, -0.05) is 12.1 Å². The Balaban J connectivity index is 1.94. The highest BCUT2D eigenvalue weighted by Gasteiger charge is 2.04. The van der Waals surface area contributed by atoms with Crippen LogP contribution >= 0.6 is 0 Å². The summed E-state index contributed by atoms with van der Waals surface area (Å²) in [5.74, 6) is 0.504. The largest absolute Gasteiger partial charge is 0.504 e. The SMILES string of the molecule is COc1ccc(/C=C/C(=O)NCc2ccc(O)c(OC)c2)cc1O. The van der Waals surface area contributed by atoms with Crippen LogP contribution in [-0.2, 0) is 11.3 Å². The summed E-state index contributed by atoms with van der Waals surface area (Å²) in [6.07, 6.45) is 2.96. The van der Waals surface area contributed by atoms with Gasteiger partial charge in [0.2, 0.25) is 5.91 Å². The molecule has 24 heavy (non-hydrogen) atoms. The number of rotatable bonds is 6. The zero-order valence-electron chi connectivity index (χ0n) is 13.4. The van der Waals surface area contributed by atoms with Crippen LogP contribution in [0.5, 0.6) is 23.0 Å². The number of carbonyl (C=O) groups excluding carboxylic acids is 1. The fourth-order valence-electron chi connectivity index (χ4n) is 2.06. The Kier molecular flexibility index (Phi) is 5.68. The van der Waals surface area contributed by atoms with Gasteiger partial charge in [0.1, 0.15) is 0 Å². The second-order valence-electron chi connectivity index (χ2n) is 4.99. The molecule has 6 heteroatoms. The molecule has 0 aliphatic heterocycles. The van der Waals surface area contributed by atoms with E-state index in [1.807, 2.05) is 0 Å². The molecule has 0 fully saturated rings. The van der Waals surface area contributed by atoms with E-state index in [0.29, 0.717) is 23.6 Å². The first-order valence-electron chi connectivity index (χ1n) is 7.22. The minimum Gasteiger partial charge on any atom is -0.504 e. The second kappa shape index (κ2) is 7.92.